The number of nitrogens with one attached hydrogen (secondary N) is 2. The maximum absolute atomic E-state index is 13.9. The van der Waals surface area contributed by atoms with Crippen LogP contribution in [0.5, 0.6) is 0 Å². The number of carbonyl (C=O) groups is 3. The summed E-state index contributed by atoms with van der Waals surface area (Å²) >= 11 is 0. The number of rotatable bonds is 10. The highest BCUT2D eigenvalue weighted by molar-refractivity contribution is 5.92. The molecule has 0 aliphatic heterocycles. The summed E-state index contributed by atoms with van der Waals surface area (Å²) in [4.78, 5) is 41.4. The van der Waals surface area contributed by atoms with Gasteiger partial charge in [-0.25, -0.2) is 4.79 Å². The Morgan fingerprint density at radius 2 is 1.68 bits per heavy atom. The first-order chi connectivity index (χ1) is 15.6. The second-order valence-corrected chi connectivity index (χ2v) is 10.6. The van der Waals surface area contributed by atoms with E-state index in [1.807, 2.05) is 52.8 Å². The molecule has 2 atom stereocenters. The fraction of sp³-hybridized carbons (Fsp3) is 0.667. The van der Waals surface area contributed by atoms with Crippen molar-refractivity contribution in [3.8, 4) is 0 Å². The van der Waals surface area contributed by atoms with Crippen LogP contribution in [-0.4, -0.2) is 46.5 Å². The molecule has 0 saturated heterocycles. The molecule has 0 aromatic heterocycles. The van der Waals surface area contributed by atoms with Gasteiger partial charge < -0.3 is 20.3 Å². The van der Waals surface area contributed by atoms with Gasteiger partial charge in [0.15, 0.2) is 0 Å². The van der Waals surface area contributed by atoms with Crippen molar-refractivity contribution in [3.05, 3.63) is 34.9 Å². The lowest BCUT2D eigenvalue weighted by atomic mass is 9.90. The topological polar surface area (TPSA) is 87.7 Å². The van der Waals surface area contributed by atoms with Crippen molar-refractivity contribution in [1.29, 1.82) is 0 Å². The number of nitrogens with zero attached hydrogens (tertiary/aromatic N) is 1. The van der Waals surface area contributed by atoms with Crippen LogP contribution in [0.1, 0.15) is 97.4 Å². The van der Waals surface area contributed by atoms with Crippen LogP contribution in [0.25, 0.3) is 0 Å². The highest BCUT2D eigenvalue weighted by Crippen LogP contribution is 2.33. The number of unbranched alkanes of at least 4 members (excludes halogenated alkanes) is 1. The minimum atomic E-state index is -0.877. The predicted molar refractivity (Wildman–Crippen MR) is 137 cm³/mol. The first kappa shape index (κ1) is 29.5. The Bertz CT molecular complexity index is 858. The van der Waals surface area contributed by atoms with E-state index in [9.17, 15) is 14.4 Å². The molecule has 1 aromatic carbocycles. The van der Waals surface area contributed by atoms with Gasteiger partial charge in [-0.15, -0.1) is 0 Å². The molecule has 2 unspecified atom stereocenters. The molecular weight excluding hydrogens is 430 g/mol. The molecule has 3 amide bonds. The SMILES string of the molecule is CCCCNC(=O)C(c1ccc(C)cc1C)N(C(=O)C(C)NC(=O)OC(C)(C)C)C(C)(C)CC. The summed E-state index contributed by atoms with van der Waals surface area (Å²) in [5, 5.41) is 5.67. The molecule has 0 heterocycles. The van der Waals surface area contributed by atoms with Crippen LogP contribution in [0.4, 0.5) is 4.79 Å². The van der Waals surface area contributed by atoms with Crippen molar-refractivity contribution in [1.82, 2.24) is 15.5 Å². The third-order valence-electron chi connectivity index (χ3n) is 5.91. The van der Waals surface area contributed by atoms with Gasteiger partial charge in [0, 0.05) is 12.1 Å². The van der Waals surface area contributed by atoms with Crippen LogP contribution < -0.4 is 10.6 Å². The first-order valence-electron chi connectivity index (χ1n) is 12.3. The van der Waals surface area contributed by atoms with E-state index in [-0.39, 0.29) is 11.8 Å². The van der Waals surface area contributed by atoms with E-state index in [0.29, 0.717) is 13.0 Å². The minimum Gasteiger partial charge on any atom is -0.444 e. The average Bonchev–Trinajstić information content (AvgIpc) is 2.70. The van der Waals surface area contributed by atoms with E-state index in [1.54, 1.807) is 32.6 Å². The lowest BCUT2D eigenvalue weighted by Crippen LogP contribution is -2.58. The van der Waals surface area contributed by atoms with Gasteiger partial charge in [-0.1, -0.05) is 44.0 Å². The zero-order chi connectivity index (χ0) is 26.3. The Hall–Kier alpha value is -2.57. The third-order valence-corrected chi connectivity index (χ3v) is 5.91. The summed E-state index contributed by atoms with van der Waals surface area (Å²) < 4.78 is 5.34. The smallest absolute Gasteiger partial charge is 0.408 e. The van der Waals surface area contributed by atoms with Crippen molar-refractivity contribution in [2.24, 2.45) is 0 Å². The number of amides is 3. The van der Waals surface area contributed by atoms with Crippen LogP contribution >= 0.6 is 0 Å². The number of carbonyl (C=O) groups excluding carboxylic acids is 3. The Labute approximate surface area is 206 Å². The van der Waals surface area contributed by atoms with Crippen molar-refractivity contribution in [3.63, 3.8) is 0 Å². The second-order valence-electron chi connectivity index (χ2n) is 10.6. The molecule has 0 saturated carbocycles. The number of alkyl carbamates (subject to hydrolysis) is 1. The molecule has 2 N–H and O–H groups in total. The van der Waals surface area contributed by atoms with E-state index in [2.05, 4.69) is 17.6 Å². The molecule has 0 fully saturated rings. The molecular formula is C27H45N3O4. The quantitative estimate of drug-likeness (QED) is 0.456. The molecule has 192 valence electrons. The van der Waals surface area contributed by atoms with Gasteiger partial charge >= 0.3 is 6.09 Å². The van der Waals surface area contributed by atoms with Crippen LogP contribution in [0, 0.1) is 13.8 Å². The van der Waals surface area contributed by atoms with Gasteiger partial charge in [0.05, 0.1) is 0 Å². The average molecular weight is 476 g/mol. The molecule has 0 bridgehead atoms. The molecule has 34 heavy (non-hydrogen) atoms. The lowest BCUT2D eigenvalue weighted by molar-refractivity contribution is -0.149. The minimum absolute atomic E-state index is 0.222. The van der Waals surface area contributed by atoms with Gasteiger partial charge in [0.25, 0.3) is 0 Å². The predicted octanol–water partition coefficient (Wildman–Crippen LogP) is 5.19. The van der Waals surface area contributed by atoms with E-state index < -0.39 is 29.3 Å². The van der Waals surface area contributed by atoms with E-state index in [1.165, 1.54) is 0 Å². The summed E-state index contributed by atoms with van der Waals surface area (Å²) in [6, 6.07) is 4.19. The van der Waals surface area contributed by atoms with E-state index >= 15 is 0 Å². The fourth-order valence-corrected chi connectivity index (χ4v) is 3.72. The second kappa shape index (κ2) is 12.2. The molecule has 1 aromatic rings. The summed E-state index contributed by atoms with van der Waals surface area (Å²) in [6.45, 7) is 19.4. The number of hydrogen-bond donors (Lipinski definition) is 2. The lowest BCUT2D eigenvalue weighted by Gasteiger charge is -2.44. The Morgan fingerprint density at radius 3 is 2.18 bits per heavy atom. The summed E-state index contributed by atoms with van der Waals surface area (Å²) in [6.07, 6.45) is 1.77. The van der Waals surface area contributed by atoms with Crippen LogP contribution in [0.3, 0.4) is 0 Å². The Kier molecular flexibility index (Phi) is 10.6. The largest absolute Gasteiger partial charge is 0.444 e. The molecule has 0 aliphatic rings. The highest BCUT2D eigenvalue weighted by Gasteiger charge is 2.42. The summed E-state index contributed by atoms with van der Waals surface area (Å²) in [7, 11) is 0. The van der Waals surface area contributed by atoms with E-state index in [0.717, 1.165) is 29.5 Å². The van der Waals surface area contributed by atoms with Crippen LogP contribution in [0.15, 0.2) is 18.2 Å². The van der Waals surface area contributed by atoms with Gasteiger partial charge in [-0.3, -0.25) is 9.59 Å². The van der Waals surface area contributed by atoms with Gasteiger partial charge in [0.1, 0.15) is 17.7 Å². The third kappa shape index (κ3) is 8.33. The van der Waals surface area contributed by atoms with Crippen molar-refractivity contribution >= 4 is 17.9 Å². The standard InChI is InChI=1S/C27H45N3O4/c1-11-13-16-28-23(31)22(21-15-14-18(3)17-19(21)4)30(27(9,10)12-2)24(32)20(5)29-25(33)34-26(6,7)8/h14-15,17,20,22H,11-13,16H2,1-10H3,(H,28,31)(H,29,33). The summed E-state index contributed by atoms with van der Waals surface area (Å²) in [5.74, 6) is -0.562. The first-order valence-corrected chi connectivity index (χ1v) is 12.3. The van der Waals surface area contributed by atoms with Gasteiger partial charge in [0.2, 0.25) is 11.8 Å². The fourth-order valence-electron chi connectivity index (χ4n) is 3.72. The molecule has 0 aliphatic carbocycles. The maximum atomic E-state index is 13.9. The van der Waals surface area contributed by atoms with Gasteiger partial charge in [-0.2, -0.15) is 0 Å². The Balaban J connectivity index is 3.48. The van der Waals surface area contributed by atoms with Crippen molar-refractivity contribution in [2.75, 3.05) is 6.54 Å². The Morgan fingerprint density at radius 1 is 1.06 bits per heavy atom. The number of hydrogen-bond acceptors (Lipinski definition) is 4. The van der Waals surface area contributed by atoms with Crippen LogP contribution in [0.2, 0.25) is 0 Å². The monoisotopic (exact) mass is 475 g/mol. The van der Waals surface area contributed by atoms with Crippen LogP contribution in [-0.2, 0) is 14.3 Å². The van der Waals surface area contributed by atoms with Crippen molar-refractivity contribution < 1.29 is 19.1 Å². The molecule has 0 radical (unpaired) electrons. The van der Waals surface area contributed by atoms with E-state index in [4.69, 9.17) is 4.74 Å². The molecule has 0 spiro atoms. The number of ether oxygens (including phenoxy) is 1. The summed E-state index contributed by atoms with van der Waals surface area (Å²) in [5.41, 5.74) is 1.46. The normalized spacial score (nSPS) is 13.6. The molecule has 7 heteroatoms. The molecule has 7 nitrogen and oxygen atoms in total. The number of aryl methyl sites for hydroxylation is 2. The van der Waals surface area contributed by atoms with Crippen molar-refractivity contribution in [2.45, 2.75) is 112 Å². The van der Waals surface area contributed by atoms with Gasteiger partial charge in [-0.05, 0) is 79.4 Å². The number of benzene rings is 1. The molecule has 1 rings (SSSR count). The zero-order valence-corrected chi connectivity index (χ0v) is 22.8. The highest BCUT2D eigenvalue weighted by atomic mass is 16.6. The maximum Gasteiger partial charge on any atom is 0.408 e. The zero-order valence-electron chi connectivity index (χ0n) is 22.8.